The molecule has 0 radical (unpaired) electrons. The van der Waals surface area contributed by atoms with Crippen molar-refractivity contribution < 1.29 is 0 Å². The first-order valence-electron chi connectivity index (χ1n) is 5.30. The Kier molecular flexibility index (Phi) is 4.51. The van der Waals surface area contributed by atoms with Crippen molar-refractivity contribution in [3.8, 4) is 12.1 Å². The average molecular weight is 213 g/mol. The van der Waals surface area contributed by atoms with Crippen LogP contribution in [0.1, 0.15) is 31.0 Å². The fraction of sp³-hybridized carbons (Fsp3) is 0.385. The molecule has 0 saturated heterocycles. The molecule has 82 valence electrons. The summed E-state index contributed by atoms with van der Waals surface area (Å²) in [4.78, 5) is 0. The lowest BCUT2D eigenvalue weighted by molar-refractivity contribution is 0.528. The molecule has 0 heterocycles. The zero-order chi connectivity index (χ0) is 12.0. The number of nitrogens with zero attached hydrogens (tertiary/aromatic N) is 2. The Labute approximate surface area is 96.3 Å². The van der Waals surface area contributed by atoms with Crippen molar-refractivity contribution in [3.05, 3.63) is 35.4 Å². The second-order valence-corrected chi connectivity index (χ2v) is 3.90. The van der Waals surface area contributed by atoms with Gasteiger partial charge in [0.1, 0.15) is 0 Å². The molecule has 0 aliphatic rings. The monoisotopic (exact) mass is 213 g/mol. The first-order valence-corrected chi connectivity index (χ1v) is 5.30. The highest BCUT2D eigenvalue weighted by molar-refractivity contribution is 5.34. The number of nitrogens with one attached hydrogen (secondary N) is 1. The smallest absolute Gasteiger partial charge is 0.0991 e. The molecule has 1 N–H and O–H groups in total. The lowest BCUT2D eigenvalue weighted by atomic mass is 10.1. The molecule has 16 heavy (non-hydrogen) atoms. The molecular formula is C13H15N3. The van der Waals surface area contributed by atoms with Crippen LogP contribution in [0.2, 0.25) is 0 Å². The maximum Gasteiger partial charge on any atom is 0.0991 e. The van der Waals surface area contributed by atoms with Gasteiger partial charge in [0.25, 0.3) is 0 Å². The van der Waals surface area contributed by atoms with E-state index in [-0.39, 0.29) is 12.0 Å². The third-order valence-electron chi connectivity index (χ3n) is 2.47. The maximum absolute atomic E-state index is 8.79. The highest BCUT2D eigenvalue weighted by Crippen LogP contribution is 2.13. The van der Waals surface area contributed by atoms with Crippen molar-refractivity contribution in [2.45, 2.75) is 19.9 Å². The molecule has 0 fully saturated rings. The number of nitriles is 2. The Morgan fingerprint density at radius 3 is 2.69 bits per heavy atom. The first kappa shape index (κ1) is 12.2. The molecule has 0 bridgehead atoms. The molecule has 1 rings (SSSR count). The Bertz CT molecular complexity index is 426. The lowest BCUT2D eigenvalue weighted by Gasteiger charge is -2.15. The highest BCUT2D eigenvalue weighted by Gasteiger charge is 2.07. The van der Waals surface area contributed by atoms with Gasteiger partial charge in [-0.1, -0.05) is 12.1 Å². The van der Waals surface area contributed by atoms with Crippen LogP contribution >= 0.6 is 0 Å². The quantitative estimate of drug-likeness (QED) is 0.835. The van der Waals surface area contributed by atoms with Crippen molar-refractivity contribution in [2.24, 2.45) is 5.92 Å². The maximum atomic E-state index is 8.79. The predicted molar refractivity (Wildman–Crippen MR) is 62.4 cm³/mol. The van der Waals surface area contributed by atoms with E-state index >= 15 is 0 Å². The van der Waals surface area contributed by atoms with Crippen LogP contribution in [0.25, 0.3) is 0 Å². The summed E-state index contributed by atoms with van der Waals surface area (Å²) in [6, 6.07) is 12.0. The van der Waals surface area contributed by atoms with Crippen molar-refractivity contribution in [2.75, 3.05) is 6.54 Å². The fourth-order valence-corrected chi connectivity index (χ4v) is 1.39. The van der Waals surface area contributed by atoms with Gasteiger partial charge in [-0.05, 0) is 31.5 Å². The molecule has 0 aliphatic carbocycles. The summed E-state index contributed by atoms with van der Waals surface area (Å²) in [5.41, 5.74) is 1.74. The average Bonchev–Trinajstić information content (AvgIpc) is 2.35. The SMILES string of the molecule is CC(C#N)CNC(C)c1cccc(C#N)c1. The molecule has 3 heteroatoms. The van der Waals surface area contributed by atoms with Gasteiger partial charge in [0.15, 0.2) is 0 Å². The normalized spacial score (nSPS) is 13.5. The Hall–Kier alpha value is -1.84. The van der Waals surface area contributed by atoms with Gasteiger partial charge in [-0.2, -0.15) is 10.5 Å². The van der Waals surface area contributed by atoms with E-state index in [2.05, 4.69) is 17.5 Å². The summed E-state index contributed by atoms with van der Waals surface area (Å²) in [5.74, 6) is 0.00148. The Morgan fingerprint density at radius 1 is 1.31 bits per heavy atom. The number of benzene rings is 1. The van der Waals surface area contributed by atoms with Crippen LogP contribution in [0, 0.1) is 28.6 Å². The van der Waals surface area contributed by atoms with E-state index in [1.807, 2.05) is 32.0 Å². The molecule has 1 aromatic rings. The van der Waals surface area contributed by atoms with E-state index in [0.717, 1.165) is 5.56 Å². The van der Waals surface area contributed by atoms with E-state index in [1.165, 1.54) is 0 Å². The van der Waals surface area contributed by atoms with Crippen LogP contribution < -0.4 is 5.32 Å². The van der Waals surface area contributed by atoms with Gasteiger partial charge >= 0.3 is 0 Å². The van der Waals surface area contributed by atoms with Crippen LogP contribution in [0.5, 0.6) is 0 Å². The summed E-state index contributed by atoms with van der Waals surface area (Å²) in [7, 11) is 0. The lowest BCUT2D eigenvalue weighted by Crippen LogP contribution is -2.23. The first-order chi connectivity index (χ1) is 7.67. The zero-order valence-electron chi connectivity index (χ0n) is 9.57. The van der Waals surface area contributed by atoms with Gasteiger partial charge in [-0.25, -0.2) is 0 Å². The van der Waals surface area contributed by atoms with Crippen molar-refractivity contribution in [1.82, 2.24) is 5.32 Å². The topological polar surface area (TPSA) is 59.6 Å². The molecule has 3 nitrogen and oxygen atoms in total. The minimum absolute atomic E-state index is 0.00148. The van der Waals surface area contributed by atoms with Crippen molar-refractivity contribution >= 4 is 0 Å². The van der Waals surface area contributed by atoms with Gasteiger partial charge < -0.3 is 5.32 Å². The van der Waals surface area contributed by atoms with Crippen LogP contribution in [0.15, 0.2) is 24.3 Å². The highest BCUT2D eigenvalue weighted by atomic mass is 14.9. The van der Waals surface area contributed by atoms with Gasteiger partial charge in [-0.3, -0.25) is 0 Å². The molecule has 2 atom stereocenters. The number of hydrogen-bond donors (Lipinski definition) is 1. The standard InChI is InChI=1S/C13H15N3/c1-10(7-14)9-16-11(2)13-5-3-4-12(6-13)8-15/h3-6,10-11,16H,9H2,1-2H3. The predicted octanol–water partition coefficient (Wildman–Crippen LogP) is 2.37. The molecular weight excluding hydrogens is 198 g/mol. The van der Waals surface area contributed by atoms with Crippen LogP contribution in [0.4, 0.5) is 0 Å². The molecule has 0 aromatic heterocycles. The van der Waals surface area contributed by atoms with Gasteiger partial charge in [0.2, 0.25) is 0 Å². The third-order valence-corrected chi connectivity index (χ3v) is 2.47. The van der Waals surface area contributed by atoms with Gasteiger partial charge in [0, 0.05) is 12.6 Å². The summed E-state index contributed by atoms with van der Waals surface area (Å²) in [6.07, 6.45) is 0. The summed E-state index contributed by atoms with van der Waals surface area (Å²) in [5, 5.41) is 20.7. The van der Waals surface area contributed by atoms with Gasteiger partial charge in [0.05, 0.1) is 23.6 Å². The minimum Gasteiger partial charge on any atom is -0.309 e. The van der Waals surface area contributed by atoms with Crippen LogP contribution in [0.3, 0.4) is 0 Å². The van der Waals surface area contributed by atoms with E-state index < -0.39 is 0 Å². The second kappa shape index (κ2) is 5.90. The van der Waals surface area contributed by atoms with Crippen molar-refractivity contribution in [3.63, 3.8) is 0 Å². The van der Waals surface area contributed by atoms with Crippen LogP contribution in [-0.2, 0) is 0 Å². The molecule has 0 aliphatic heterocycles. The molecule has 2 unspecified atom stereocenters. The molecule has 0 amide bonds. The minimum atomic E-state index is 0.00148. The summed E-state index contributed by atoms with van der Waals surface area (Å²) < 4.78 is 0. The van der Waals surface area contributed by atoms with Gasteiger partial charge in [-0.15, -0.1) is 0 Å². The van der Waals surface area contributed by atoms with E-state index in [0.29, 0.717) is 12.1 Å². The fourth-order valence-electron chi connectivity index (χ4n) is 1.39. The second-order valence-electron chi connectivity index (χ2n) is 3.90. The summed E-state index contributed by atoms with van der Waals surface area (Å²) >= 11 is 0. The van der Waals surface area contributed by atoms with E-state index in [4.69, 9.17) is 10.5 Å². The summed E-state index contributed by atoms with van der Waals surface area (Å²) in [6.45, 7) is 4.57. The number of hydrogen-bond acceptors (Lipinski definition) is 3. The molecule has 0 saturated carbocycles. The number of rotatable bonds is 4. The zero-order valence-corrected chi connectivity index (χ0v) is 9.57. The van der Waals surface area contributed by atoms with E-state index in [1.54, 1.807) is 6.07 Å². The molecule has 1 aromatic carbocycles. The van der Waals surface area contributed by atoms with Crippen LogP contribution in [-0.4, -0.2) is 6.54 Å². The Morgan fingerprint density at radius 2 is 2.06 bits per heavy atom. The largest absolute Gasteiger partial charge is 0.309 e. The van der Waals surface area contributed by atoms with E-state index in [9.17, 15) is 0 Å². The molecule has 0 spiro atoms. The van der Waals surface area contributed by atoms with Crippen molar-refractivity contribution in [1.29, 1.82) is 10.5 Å². The Balaban J connectivity index is 2.63. The third kappa shape index (κ3) is 3.38.